The number of rotatable bonds is 7. The molecule has 0 aromatic heterocycles. The zero-order valence-corrected chi connectivity index (χ0v) is 18.9. The fraction of sp³-hybridized carbons (Fsp3) is 0.125. The van der Waals surface area contributed by atoms with Gasteiger partial charge in [0.25, 0.3) is 5.70 Å². The molecule has 1 aliphatic rings. The Kier molecular flexibility index (Phi) is 7.71. The summed E-state index contributed by atoms with van der Waals surface area (Å²) in [4.78, 5) is 6.14. The summed E-state index contributed by atoms with van der Waals surface area (Å²) >= 11 is 1.45. The van der Waals surface area contributed by atoms with Crippen molar-refractivity contribution in [1.29, 1.82) is 10.5 Å². The van der Waals surface area contributed by atoms with Gasteiger partial charge >= 0.3 is 0 Å². The van der Waals surface area contributed by atoms with Crippen molar-refractivity contribution in [2.75, 3.05) is 17.2 Å². The summed E-state index contributed by atoms with van der Waals surface area (Å²) < 4.78 is 33.1. The molecule has 0 spiro atoms. The Morgan fingerprint density at radius 1 is 1.12 bits per heavy atom. The van der Waals surface area contributed by atoms with Crippen LogP contribution in [-0.2, 0) is 10.1 Å². The average molecular weight is 474 g/mol. The summed E-state index contributed by atoms with van der Waals surface area (Å²) in [5.74, 6) is -0.472. The maximum Gasteiger partial charge on any atom is 0.270 e. The second-order valence-electron chi connectivity index (χ2n) is 6.85. The number of fused-ring (bicyclic) bond motifs is 1. The number of hydrogen-bond donors (Lipinski definition) is 0. The van der Waals surface area contributed by atoms with E-state index in [0.717, 1.165) is 15.6 Å². The van der Waals surface area contributed by atoms with Gasteiger partial charge in [-0.25, -0.2) is 18.5 Å². The van der Waals surface area contributed by atoms with E-state index in [4.69, 9.17) is 6.57 Å². The van der Waals surface area contributed by atoms with Gasteiger partial charge in [-0.2, -0.15) is 5.26 Å². The Morgan fingerprint density at radius 2 is 1.82 bits per heavy atom. The third kappa shape index (κ3) is 5.91. The van der Waals surface area contributed by atoms with Gasteiger partial charge in [0.2, 0.25) is 0 Å². The Labute approximate surface area is 197 Å². The average Bonchev–Trinajstić information content (AvgIpc) is 3.16. The van der Waals surface area contributed by atoms with Crippen LogP contribution >= 0.6 is 11.8 Å². The van der Waals surface area contributed by atoms with Crippen LogP contribution in [0.5, 0.6) is 0 Å². The van der Waals surface area contributed by atoms with Crippen LogP contribution < -0.4 is 4.90 Å². The van der Waals surface area contributed by atoms with Crippen LogP contribution in [0, 0.1) is 29.2 Å². The van der Waals surface area contributed by atoms with Gasteiger partial charge in [0.1, 0.15) is 0 Å². The lowest BCUT2D eigenvalue weighted by molar-refractivity contribution is 0.461. The van der Waals surface area contributed by atoms with E-state index in [1.807, 2.05) is 35.2 Å². The van der Waals surface area contributed by atoms with E-state index in [-0.39, 0.29) is 23.3 Å². The molecule has 33 heavy (non-hydrogen) atoms. The Balaban J connectivity index is 2.02. The van der Waals surface area contributed by atoms with Gasteiger partial charge in [0.05, 0.1) is 45.1 Å². The molecule has 0 radical (unpaired) electrons. The number of nitrogens with zero attached hydrogens (tertiary/aromatic N) is 4. The van der Waals surface area contributed by atoms with Crippen molar-refractivity contribution in [2.45, 2.75) is 11.3 Å². The van der Waals surface area contributed by atoms with Crippen molar-refractivity contribution in [3.8, 4) is 12.1 Å². The van der Waals surface area contributed by atoms with Crippen LogP contribution in [0.15, 0.2) is 87.9 Å². The van der Waals surface area contributed by atoms with Gasteiger partial charge in [0.15, 0.2) is 0 Å². The number of allylic oxidation sites excluding steroid dienone is 5. The molecule has 0 N–H and O–H groups in total. The molecule has 0 unspecified atom stereocenters. The fourth-order valence-corrected chi connectivity index (χ4v) is 4.87. The standard InChI is InChI=1S/C24H18N4O3S2/c1-27-20(17-26)24(18-8-3-2-4-9-18)19(16-25)12-13-23-28(14-7-15-33(29,30)31)21-10-5-6-11-22(21)32-23/h2-6,8-13H,7,14-15H2,(H,29,30,31)/p-1/b19-12+,23-13-,24-20-. The lowest BCUT2D eigenvalue weighted by Gasteiger charge is -2.20. The molecule has 1 heterocycles. The zero-order chi connectivity index (χ0) is 23.8. The summed E-state index contributed by atoms with van der Waals surface area (Å²) in [7, 11) is -4.32. The minimum Gasteiger partial charge on any atom is -0.748 e. The van der Waals surface area contributed by atoms with Gasteiger partial charge < -0.3 is 9.45 Å². The van der Waals surface area contributed by atoms with Crippen molar-refractivity contribution in [3.63, 3.8) is 0 Å². The topological polar surface area (TPSA) is 112 Å². The van der Waals surface area contributed by atoms with E-state index >= 15 is 0 Å². The van der Waals surface area contributed by atoms with Crippen LogP contribution in [0.4, 0.5) is 5.69 Å². The molecule has 0 amide bonds. The number of para-hydroxylation sites is 1. The largest absolute Gasteiger partial charge is 0.748 e. The molecule has 7 nitrogen and oxygen atoms in total. The van der Waals surface area contributed by atoms with E-state index in [2.05, 4.69) is 10.9 Å². The lowest BCUT2D eigenvalue weighted by Crippen LogP contribution is -2.21. The smallest absolute Gasteiger partial charge is 0.270 e. The first kappa shape index (κ1) is 23.8. The number of benzene rings is 2. The monoisotopic (exact) mass is 473 g/mol. The van der Waals surface area contributed by atoms with Gasteiger partial charge in [-0.1, -0.05) is 54.2 Å². The summed E-state index contributed by atoms with van der Waals surface area (Å²) in [6.07, 6.45) is 3.41. The van der Waals surface area contributed by atoms with E-state index in [9.17, 15) is 23.5 Å². The second-order valence-corrected chi connectivity index (χ2v) is 9.43. The van der Waals surface area contributed by atoms with E-state index in [1.165, 1.54) is 11.8 Å². The Hall–Kier alpha value is -3.81. The van der Waals surface area contributed by atoms with Gasteiger partial charge in [0, 0.05) is 22.8 Å². The van der Waals surface area contributed by atoms with Crippen LogP contribution in [0.25, 0.3) is 10.4 Å². The van der Waals surface area contributed by atoms with Gasteiger partial charge in [-0.3, -0.25) is 0 Å². The van der Waals surface area contributed by atoms with E-state index in [0.29, 0.717) is 12.1 Å². The number of hydrogen-bond acceptors (Lipinski definition) is 7. The Morgan fingerprint density at radius 3 is 2.45 bits per heavy atom. The Bertz CT molecular complexity index is 1360. The molecule has 9 heteroatoms. The fourth-order valence-electron chi connectivity index (χ4n) is 3.30. The first-order valence-corrected chi connectivity index (χ1v) is 12.1. The summed E-state index contributed by atoms with van der Waals surface area (Å²) in [6, 6.07) is 20.3. The molecule has 2 aromatic carbocycles. The molecule has 0 atom stereocenters. The van der Waals surface area contributed by atoms with Crippen molar-refractivity contribution >= 4 is 33.1 Å². The highest BCUT2D eigenvalue weighted by Gasteiger charge is 2.24. The van der Waals surface area contributed by atoms with Gasteiger partial charge in [-0.15, -0.1) is 0 Å². The van der Waals surface area contributed by atoms with Crippen molar-refractivity contribution in [1.82, 2.24) is 0 Å². The van der Waals surface area contributed by atoms with E-state index in [1.54, 1.807) is 42.5 Å². The van der Waals surface area contributed by atoms with E-state index < -0.39 is 15.9 Å². The SMILES string of the molecule is [C-]#[N+]\C(C#N)=C(/C(C#N)=C/C=C1\Sc2ccccc2N1CCCS(=O)(=O)[O-])c1ccccc1. The van der Waals surface area contributed by atoms with Crippen LogP contribution in [0.1, 0.15) is 12.0 Å². The third-order valence-corrected chi connectivity index (χ3v) is 6.63. The van der Waals surface area contributed by atoms with Crippen LogP contribution in [0.2, 0.25) is 0 Å². The molecule has 0 bridgehead atoms. The highest BCUT2D eigenvalue weighted by molar-refractivity contribution is 8.03. The zero-order valence-electron chi connectivity index (χ0n) is 17.3. The molecule has 164 valence electrons. The summed E-state index contributed by atoms with van der Waals surface area (Å²) in [5, 5.41) is 20.0. The summed E-state index contributed by atoms with van der Waals surface area (Å²) in [5.41, 5.74) is 1.67. The molecule has 1 aliphatic heterocycles. The van der Waals surface area contributed by atoms with Crippen molar-refractivity contribution in [3.05, 3.63) is 100 Å². The van der Waals surface area contributed by atoms with Crippen LogP contribution in [0.3, 0.4) is 0 Å². The molecule has 0 fully saturated rings. The molecule has 2 aromatic rings. The van der Waals surface area contributed by atoms with Crippen LogP contribution in [-0.4, -0.2) is 25.3 Å². The molecule has 0 saturated heterocycles. The minimum absolute atomic E-state index is 0.151. The number of nitriles is 2. The molecular formula is C24H17N4O3S2-. The highest BCUT2D eigenvalue weighted by atomic mass is 32.2. The van der Waals surface area contributed by atoms with Crippen molar-refractivity contribution in [2.24, 2.45) is 0 Å². The third-order valence-electron chi connectivity index (χ3n) is 4.71. The predicted molar refractivity (Wildman–Crippen MR) is 126 cm³/mol. The quantitative estimate of drug-likeness (QED) is 0.248. The molecule has 0 saturated carbocycles. The number of thioether (sulfide) groups is 1. The first-order valence-electron chi connectivity index (χ1n) is 9.75. The van der Waals surface area contributed by atoms with Crippen molar-refractivity contribution < 1.29 is 13.0 Å². The molecular weight excluding hydrogens is 456 g/mol. The van der Waals surface area contributed by atoms with Gasteiger partial charge in [-0.05, 0) is 36.3 Å². The predicted octanol–water partition coefficient (Wildman–Crippen LogP) is 4.68. The first-order chi connectivity index (χ1) is 15.9. The lowest BCUT2D eigenvalue weighted by atomic mass is 9.96. The number of anilines is 1. The molecule has 3 rings (SSSR count). The second kappa shape index (κ2) is 10.7. The summed E-state index contributed by atoms with van der Waals surface area (Å²) in [6.45, 7) is 7.66. The minimum atomic E-state index is -4.32. The highest BCUT2D eigenvalue weighted by Crippen LogP contribution is 2.46. The maximum atomic E-state index is 11.0. The molecule has 0 aliphatic carbocycles. The maximum absolute atomic E-state index is 11.0. The normalized spacial score (nSPS) is 15.3.